The van der Waals surface area contributed by atoms with Gasteiger partial charge in [0, 0.05) is 23.9 Å². The lowest BCUT2D eigenvalue weighted by molar-refractivity contribution is -0.384. The second-order valence-electron chi connectivity index (χ2n) is 5.67. The summed E-state index contributed by atoms with van der Waals surface area (Å²) in [4.78, 5) is 25.4. The molecule has 2 heterocycles. The molecule has 0 aliphatic carbocycles. The maximum atomic E-state index is 12.4. The molecule has 3 rings (SSSR count). The zero-order valence-corrected chi connectivity index (χ0v) is 14.2. The fourth-order valence-corrected chi connectivity index (χ4v) is 3.01. The summed E-state index contributed by atoms with van der Waals surface area (Å²) in [6.45, 7) is 0.441. The smallest absolute Gasteiger partial charge is 0.410 e. The van der Waals surface area contributed by atoms with Crippen LogP contribution in [0.15, 0.2) is 24.3 Å². The molecule has 1 aliphatic heterocycles. The largest absolute Gasteiger partial charge is 0.445 e. The molecule has 1 amide bonds. The van der Waals surface area contributed by atoms with E-state index in [1.165, 1.54) is 21.8 Å². The van der Waals surface area contributed by atoms with Crippen molar-refractivity contribution in [2.75, 3.05) is 6.54 Å². The number of likely N-dealkylation sites (tertiary alicyclic amines) is 1. The van der Waals surface area contributed by atoms with Gasteiger partial charge < -0.3 is 4.74 Å². The molecule has 1 aromatic carbocycles. The van der Waals surface area contributed by atoms with Crippen molar-refractivity contribution in [1.82, 2.24) is 25.1 Å². The summed E-state index contributed by atoms with van der Waals surface area (Å²) < 4.78 is 5.32. The fraction of sp³-hybridized carbons (Fsp3) is 0.429. The number of aromatic nitrogens is 4. The van der Waals surface area contributed by atoms with E-state index >= 15 is 0 Å². The van der Waals surface area contributed by atoms with Crippen LogP contribution in [0.2, 0.25) is 0 Å². The van der Waals surface area contributed by atoms with Gasteiger partial charge in [0.25, 0.3) is 5.69 Å². The number of non-ortho nitro benzene ring substituents is 1. The van der Waals surface area contributed by atoms with Crippen LogP contribution in [-0.4, -0.2) is 47.9 Å². The summed E-state index contributed by atoms with van der Waals surface area (Å²) in [5.74, 6) is 0.450. The van der Waals surface area contributed by atoms with Crippen LogP contribution >= 0.6 is 12.6 Å². The number of amides is 1. The van der Waals surface area contributed by atoms with Crippen LogP contribution < -0.4 is 0 Å². The second-order valence-corrected chi connectivity index (χ2v) is 6.40. The van der Waals surface area contributed by atoms with Crippen LogP contribution in [0.25, 0.3) is 0 Å². The van der Waals surface area contributed by atoms with Gasteiger partial charge in [-0.15, -0.1) is 10.2 Å². The van der Waals surface area contributed by atoms with Crippen LogP contribution in [0, 0.1) is 10.1 Å². The molecule has 0 radical (unpaired) electrons. The van der Waals surface area contributed by atoms with Gasteiger partial charge in [0.2, 0.25) is 0 Å². The predicted octanol–water partition coefficient (Wildman–Crippen LogP) is 1.50. The second kappa shape index (κ2) is 7.05. The van der Waals surface area contributed by atoms with E-state index in [1.54, 1.807) is 19.2 Å². The van der Waals surface area contributed by atoms with Crippen LogP contribution in [0.4, 0.5) is 10.5 Å². The van der Waals surface area contributed by atoms with Crippen molar-refractivity contribution in [1.29, 1.82) is 0 Å². The minimum absolute atomic E-state index is 0.000677. The Morgan fingerprint density at radius 1 is 1.44 bits per heavy atom. The Labute approximate surface area is 148 Å². The molecule has 0 N–H and O–H groups in total. The highest BCUT2D eigenvalue weighted by atomic mass is 32.1. The average Bonchev–Trinajstić information content (AvgIpc) is 3.18. The average molecular weight is 364 g/mol. The monoisotopic (exact) mass is 364 g/mol. The van der Waals surface area contributed by atoms with E-state index in [2.05, 4.69) is 28.0 Å². The zero-order valence-electron chi connectivity index (χ0n) is 13.3. The first kappa shape index (κ1) is 17.1. The molecule has 1 saturated heterocycles. The highest BCUT2D eigenvalue weighted by Crippen LogP contribution is 2.32. The van der Waals surface area contributed by atoms with Crippen LogP contribution in [0.1, 0.15) is 23.9 Å². The minimum atomic E-state index is -0.507. The number of nitrogens with zero attached hydrogens (tertiary/aromatic N) is 6. The number of aryl methyl sites for hydroxylation is 1. The lowest BCUT2D eigenvalue weighted by atomic mass is 10.2. The number of carbonyl (C=O) groups excluding carboxylic acids is 1. The number of hydrogen-bond donors (Lipinski definition) is 1. The number of carbonyl (C=O) groups is 1. The third kappa shape index (κ3) is 3.87. The number of tetrazole rings is 1. The van der Waals surface area contributed by atoms with Gasteiger partial charge in [-0.2, -0.15) is 17.4 Å². The van der Waals surface area contributed by atoms with Crippen LogP contribution in [-0.2, 0) is 18.4 Å². The number of nitro benzene ring substituents is 1. The number of nitro groups is 1. The number of rotatable bonds is 4. The number of ether oxygens (including phenoxy) is 1. The van der Waals surface area contributed by atoms with Gasteiger partial charge >= 0.3 is 6.09 Å². The molecule has 0 spiro atoms. The van der Waals surface area contributed by atoms with Gasteiger partial charge in [-0.1, -0.05) is 0 Å². The Morgan fingerprint density at radius 2 is 2.16 bits per heavy atom. The van der Waals surface area contributed by atoms with Gasteiger partial charge in [0.1, 0.15) is 12.6 Å². The highest BCUT2D eigenvalue weighted by molar-refractivity contribution is 7.81. The molecule has 2 atom stereocenters. The molecule has 10 nitrogen and oxygen atoms in total. The van der Waals surface area contributed by atoms with Crippen molar-refractivity contribution >= 4 is 24.4 Å². The van der Waals surface area contributed by atoms with Gasteiger partial charge in [-0.25, -0.2) is 4.79 Å². The zero-order chi connectivity index (χ0) is 18.0. The Hall–Kier alpha value is -2.69. The highest BCUT2D eigenvalue weighted by Gasteiger charge is 2.38. The molecular formula is C14H16N6O4S. The fourth-order valence-electron chi connectivity index (χ4n) is 2.63. The summed E-state index contributed by atoms with van der Waals surface area (Å²) in [6.07, 6.45) is 0.105. The number of benzene rings is 1. The third-order valence-electron chi connectivity index (χ3n) is 3.84. The van der Waals surface area contributed by atoms with Crippen molar-refractivity contribution in [2.45, 2.75) is 24.3 Å². The van der Waals surface area contributed by atoms with E-state index in [1.807, 2.05) is 0 Å². The van der Waals surface area contributed by atoms with Crippen molar-refractivity contribution in [3.8, 4) is 0 Å². The summed E-state index contributed by atoms with van der Waals surface area (Å²) >= 11 is 4.44. The minimum Gasteiger partial charge on any atom is -0.445 e. The Balaban J connectivity index is 1.64. The Kier molecular flexibility index (Phi) is 4.83. The normalized spacial score (nSPS) is 19.8. The first-order valence-electron chi connectivity index (χ1n) is 7.52. The van der Waals surface area contributed by atoms with Gasteiger partial charge in [0.15, 0.2) is 5.82 Å². The molecule has 0 bridgehead atoms. The van der Waals surface area contributed by atoms with Crippen LogP contribution in [0.5, 0.6) is 0 Å². The van der Waals surface area contributed by atoms with E-state index < -0.39 is 11.0 Å². The van der Waals surface area contributed by atoms with E-state index in [0.29, 0.717) is 24.4 Å². The summed E-state index contributed by atoms with van der Waals surface area (Å²) in [6, 6.07) is 5.52. The summed E-state index contributed by atoms with van der Waals surface area (Å²) in [5.41, 5.74) is 0.649. The van der Waals surface area contributed by atoms with Crippen molar-refractivity contribution in [3.63, 3.8) is 0 Å². The van der Waals surface area contributed by atoms with Crippen molar-refractivity contribution in [2.24, 2.45) is 7.05 Å². The Bertz CT molecular complexity index is 780. The SMILES string of the molecule is Cn1nnc([C@@H]2C[C@H](S)CN2C(=O)OCc2ccc([N+](=O)[O-])cc2)n1. The molecule has 1 aliphatic rings. The molecule has 132 valence electrons. The van der Waals surface area contributed by atoms with Crippen LogP contribution in [0.3, 0.4) is 0 Å². The molecule has 0 unspecified atom stereocenters. The van der Waals surface area contributed by atoms with Gasteiger partial charge in [-0.3, -0.25) is 15.0 Å². The first-order valence-corrected chi connectivity index (χ1v) is 8.04. The first-order chi connectivity index (χ1) is 11.9. The van der Waals surface area contributed by atoms with E-state index in [0.717, 1.165) is 0 Å². The van der Waals surface area contributed by atoms with Gasteiger partial charge in [-0.05, 0) is 29.3 Å². The number of thiol groups is 1. The summed E-state index contributed by atoms with van der Waals surface area (Å²) in [5, 5.41) is 22.6. The third-order valence-corrected chi connectivity index (χ3v) is 4.22. The Morgan fingerprint density at radius 3 is 2.76 bits per heavy atom. The molecular weight excluding hydrogens is 348 g/mol. The van der Waals surface area contributed by atoms with E-state index in [4.69, 9.17) is 4.74 Å². The van der Waals surface area contributed by atoms with E-state index in [-0.39, 0.29) is 23.6 Å². The molecule has 11 heteroatoms. The lowest BCUT2D eigenvalue weighted by Gasteiger charge is -2.21. The van der Waals surface area contributed by atoms with Crippen molar-refractivity contribution in [3.05, 3.63) is 45.8 Å². The topological polar surface area (TPSA) is 116 Å². The lowest BCUT2D eigenvalue weighted by Crippen LogP contribution is -2.32. The molecule has 0 saturated carbocycles. The predicted molar refractivity (Wildman–Crippen MR) is 88.9 cm³/mol. The number of hydrogen-bond acceptors (Lipinski definition) is 8. The quantitative estimate of drug-likeness (QED) is 0.496. The molecule has 1 fully saturated rings. The summed E-state index contributed by atoms with van der Waals surface area (Å²) in [7, 11) is 1.65. The maximum absolute atomic E-state index is 12.4. The maximum Gasteiger partial charge on any atom is 0.410 e. The standard InChI is InChI=1S/C14H16N6O4S/c1-18-16-13(15-17-18)12-6-11(25)7-19(12)14(21)24-8-9-2-4-10(5-3-9)20(22)23/h2-5,11-12,25H,6-8H2,1H3/t11-,12-/m0/s1. The molecule has 1 aromatic heterocycles. The van der Waals surface area contributed by atoms with Gasteiger partial charge in [0.05, 0.1) is 12.0 Å². The molecule has 2 aromatic rings. The van der Waals surface area contributed by atoms with E-state index in [9.17, 15) is 14.9 Å². The molecule has 25 heavy (non-hydrogen) atoms. The van der Waals surface area contributed by atoms with Crippen molar-refractivity contribution < 1.29 is 14.5 Å².